The summed E-state index contributed by atoms with van der Waals surface area (Å²) < 4.78 is 3.44. The number of nitrogens with one attached hydrogen (secondary N) is 2. The summed E-state index contributed by atoms with van der Waals surface area (Å²) in [6.07, 6.45) is 8.65. The van der Waals surface area contributed by atoms with E-state index in [-0.39, 0.29) is 5.91 Å². The minimum Gasteiger partial charge on any atom is -0.314 e. The van der Waals surface area contributed by atoms with E-state index in [0.717, 1.165) is 16.7 Å². The lowest BCUT2D eigenvalue weighted by Gasteiger charge is -2.18. The molecule has 0 aliphatic heterocycles. The summed E-state index contributed by atoms with van der Waals surface area (Å²) in [5, 5.41) is 23.5. The highest BCUT2D eigenvalue weighted by Gasteiger charge is 2.21. The Bertz CT molecular complexity index is 1240. The van der Waals surface area contributed by atoms with Crippen LogP contribution < -0.4 is 10.6 Å². The van der Waals surface area contributed by atoms with Crippen LogP contribution in [0.5, 0.6) is 0 Å². The molecule has 4 rings (SSSR count). The molecule has 0 aliphatic rings. The largest absolute Gasteiger partial charge is 0.314 e. The number of hydrogen-bond acceptors (Lipinski definition) is 6. The third-order valence-corrected chi connectivity index (χ3v) is 5.20. The molecule has 0 bridgehead atoms. The van der Waals surface area contributed by atoms with Crippen LogP contribution in [0.2, 0.25) is 0 Å². The van der Waals surface area contributed by atoms with Gasteiger partial charge >= 0.3 is 0 Å². The number of aryl methyl sites for hydroxylation is 1. The Balaban J connectivity index is 1.38. The van der Waals surface area contributed by atoms with Gasteiger partial charge in [0, 0.05) is 49.9 Å². The number of amides is 1. The second-order valence-corrected chi connectivity index (χ2v) is 7.60. The molecule has 3 heterocycles. The van der Waals surface area contributed by atoms with Gasteiger partial charge in [-0.25, -0.2) is 4.98 Å². The van der Waals surface area contributed by atoms with Gasteiger partial charge in [0.25, 0.3) is 0 Å². The fourth-order valence-corrected chi connectivity index (χ4v) is 3.45. The lowest BCUT2D eigenvalue weighted by Crippen LogP contribution is -2.32. The molecule has 0 saturated heterocycles. The molecule has 4 aromatic rings. The summed E-state index contributed by atoms with van der Waals surface area (Å²) in [5.41, 5.74) is 3.34. The van der Waals surface area contributed by atoms with Crippen LogP contribution in [0.3, 0.4) is 0 Å². The highest BCUT2D eigenvalue weighted by molar-refractivity contribution is 5.95. The third-order valence-electron chi connectivity index (χ3n) is 5.20. The average Bonchev–Trinajstić information content (AvgIpc) is 3.49. The zero-order valence-corrected chi connectivity index (χ0v) is 18.2. The monoisotopic (exact) mass is 440 g/mol. The lowest BCUT2D eigenvalue weighted by molar-refractivity contribution is -0.117. The Morgan fingerprint density at radius 2 is 1.91 bits per heavy atom. The van der Waals surface area contributed by atoms with Crippen LogP contribution in [-0.2, 0) is 18.4 Å². The molecule has 2 N–H and O–H groups in total. The van der Waals surface area contributed by atoms with Gasteiger partial charge in [-0.15, -0.1) is 0 Å². The summed E-state index contributed by atoms with van der Waals surface area (Å²) in [5.74, 6) is -0.0337. The zero-order valence-electron chi connectivity index (χ0n) is 18.2. The number of nitrogens with zero attached hydrogens (tertiary/aromatic N) is 6. The molecule has 1 aromatic carbocycles. The number of aromatic nitrogens is 5. The smallest absolute Gasteiger partial charge is 0.234 e. The number of rotatable bonds is 9. The van der Waals surface area contributed by atoms with Crippen LogP contribution in [0.4, 0.5) is 5.82 Å². The number of hydrogen-bond donors (Lipinski definition) is 2. The first kappa shape index (κ1) is 21.9. The van der Waals surface area contributed by atoms with Gasteiger partial charge < -0.3 is 10.6 Å². The predicted molar refractivity (Wildman–Crippen MR) is 124 cm³/mol. The van der Waals surface area contributed by atoms with Gasteiger partial charge in [0.15, 0.2) is 0 Å². The maximum absolute atomic E-state index is 13.1. The summed E-state index contributed by atoms with van der Waals surface area (Å²) >= 11 is 0. The molecule has 9 nitrogen and oxygen atoms in total. The molecule has 3 aromatic heterocycles. The molecule has 0 spiro atoms. The van der Waals surface area contributed by atoms with Crippen molar-refractivity contribution >= 4 is 11.7 Å². The van der Waals surface area contributed by atoms with Crippen molar-refractivity contribution in [2.45, 2.75) is 12.5 Å². The first-order valence-electron chi connectivity index (χ1n) is 10.6. The fourth-order valence-electron chi connectivity index (χ4n) is 3.45. The van der Waals surface area contributed by atoms with Crippen LogP contribution in [-0.4, -0.2) is 43.5 Å². The molecule has 33 heavy (non-hydrogen) atoms. The highest BCUT2D eigenvalue weighted by Crippen LogP contribution is 2.20. The molecular weight excluding hydrogens is 416 g/mol. The van der Waals surface area contributed by atoms with E-state index < -0.39 is 5.92 Å². The Labute approximate surface area is 191 Å². The standard InChI is InChI=1S/C24H24N8O/c1-31-17-21(14-28-31)20-7-8-23(27-13-20)30-24(33)22(19-5-3-2-4-6-19)15-26-9-10-32-16-18(11-25)12-29-32/h2-8,12-14,16-17,22,26H,9-10,15H2,1H3,(H,27,30,33). The van der Waals surface area contributed by atoms with E-state index in [1.807, 2.05) is 49.6 Å². The number of carbonyl (C=O) groups is 1. The molecule has 1 atom stereocenters. The SMILES string of the molecule is Cn1cc(-c2ccc(NC(=O)C(CNCCn3cc(C#N)cn3)c3ccccc3)nc2)cn1. The quantitative estimate of drug-likeness (QED) is 0.387. The Morgan fingerprint density at radius 3 is 2.58 bits per heavy atom. The highest BCUT2D eigenvalue weighted by atomic mass is 16.2. The lowest BCUT2D eigenvalue weighted by atomic mass is 9.98. The van der Waals surface area contributed by atoms with Gasteiger partial charge in [-0.3, -0.25) is 14.2 Å². The van der Waals surface area contributed by atoms with Gasteiger partial charge in [-0.1, -0.05) is 30.3 Å². The van der Waals surface area contributed by atoms with Crippen molar-refractivity contribution in [2.75, 3.05) is 18.4 Å². The molecular formula is C24H24N8O. The molecule has 166 valence electrons. The van der Waals surface area contributed by atoms with Crippen molar-refractivity contribution in [2.24, 2.45) is 7.05 Å². The van der Waals surface area contributed by atoms with Crippen molar-refractivity contribution in [3.05, 3.63) is 84.6 Å². The molecule has 1 amide bonds. The van der Waals surface area contributed by atoms with E-state index in [2.05, 4.69) is 31.9 Å². The Kier molecular flexibility index (Phi) is 6.87. The summed E-state index contributed by atoms with van der Waals surface area (Å²) in [6, 6.07) is 15.4. The van der Waals surface area contributed by atoms with E-state index in [1.165, 1.54) is 6.20 Å². The fraction of sp³-hybridized carbons (Fsp3) is 0.208. The number of benzene rings is 1. The molecule has 0 radical (unpaired) electrons. The van der Waals surface area contributed by atoms with Gasteiger partial charge in [0.1, 0.15) is 11.9 Å². The van der Waals surface area contributed by atoms with Crippen LogP contribution in [0, 0.1) is 11.3 Å². The van der Waals surface area contributed by atoms with Crippen molar-refractivity contribution in [3.63, 3.8) is 0 Å². The van der Waals surface area contributed by atoms with Crippen molar-refractivity contribution in [1.29, 1.82) is 5.26 Å². The number of carbonyl (C=O) groups excluding carboxylic acids is 1. The number of anilines is 1. The maximum atomic E-state index is 13.1. The van der Waals surface area contributed by atoms with E-state index in [9.17, 15) is 4.79 Å². The predicted octanol–water partition coefficient (Wildman–Crippen LogP) is 2.56. The molecule has 0 fully saturated rings. The molecule has 1 unspecified atom stereocenters. The average molecular weight is 441 g/mol. The van der Waals surface area contributed by atoms with Crippen molar-refractivity contribution in [1.82, 2.24) is 29.9 Å². The van der Waals surface area contributed by atoms with Crippen LogP contribution in [0.15, 0.2) is 73.4 Å². The van der Waals surface area contributed by atoms with E-state index in [1.54, 1.807) is 34.0 Å². The van der Waals surface area contributed by atoms with E-state index >= 15 is 0 Å². The van der Waals surface area contributed by atoms with Crippen LogP contribution in [0.25, 0.3) is 11.1 Å². The van der Waals surface area contributed by atoms with Gasteiger partial charge in [0.2, 0.25) is 5.91 Å². The minimum atomic E-state index is -0.390. The van der Waals surface area contributed by atoms with Crippen LogP contribution in [0.1, 0.15) is 17.0 Å². The molecule has 9 heteroatoms. The van der Waals surface area contributed by atoms with E-state index in [0.29, 0.717) is 31.0 Å². The minimum absolute atomic E-state index is 0.138. The van der Waals surface area contributed by atoms with Crippen LogP contribution >= 0.6 is 0 Å². The van der Waals surface area contributed by atoms with Gasteiger partial charge in [0.05, 0.1) is 30.4 Å². The van der Waals surface area contributed by atoms with E-state index in [4.69, 9.17) is 5.26 Å². The second kappa shape index (κ2) is 10.3. The number of nitriles is 1. The van der Waals surface area contributed by atoms with Crippen molar-refractivity contribution < 1.29 is 4.79 Å². The second-order valence-electron chi connectivity index (χ2n) is 7.60. The Morgan fingerprint density at radius 1 is 1.06 bits per heavy atom. The summed E-state index contributed by atoms with van der Waals surface area (Å²) in [7, 11) is 1.86. The normalized spacial score (nSPS) is 11.6. The first-order chi connectivity index (χ1) is 16.1. The van der Waals surface area contributed by atoms with Crippen molar-refractivity contribution in [3.8, 4) is 17.2 Å². The topological polar surface area (TPSA) is 113 Å². The first-order valence-corrected chi connectivity index (χ1v) is 10.6. The Hall–Kier alpha value is -4.29. The maximum Gasteiger partial charge on any atom is 0.234 e. The third kappa shape index (κ3) is 5.70. The molecule has 0 saturated carbocycles. The number of pyridine rings is 1. The van der Waals surface area contributed by atoms with Gasteiger partial charge in [-0.05, 0) is 17.7 Å². The summed E-state index contributed by atoms with van der Waals surface area (Å²) in [6.45, 7) is 1.67. The molecule has 0 aliphatic carbocycles. The zero-order chi connectivity index (χ0) is 23.0. The van der Waals surface area contributed by atoms with Gasteiger partial charge in [-0.2, -0.15) is 15.5 Å². The summed E-state index contributed by atoms with van der Waals surface area (Å²) in [4.78, 5) is 17.5.